The molecule has 2 rings (SSSR count). The normalized spacial score (nSPS) is 18.7. The number of likely N-dealkylation sites (tertiary alicyclic amines) is 1. The number of urea groups is 1. The number of aromatic nitrogens is 1. The number of carbonyl (C=O) groups is 1. The van der Waals surface area contributed by atoms with Gasteiger partial charge in [0, 0.05) is 25.2 Å². The highest BCUT2D eigenvalue weighted by Crippen LogP contribution is 2.24. The average molecular weight is 328 g/mol. The van der Waals surface area contributed by atoms with Crippen LogP contribution in [-0.4, -0.2) is 41.2 Å². The highest BCUT2D eigenvalue weighted by Gasteiger charge is 2.28. The topological polar surface area (TPSA) is 54.5 Å². The van der Waals surface area contributed by atoms with Gasteiger partial charge in [0.2, 0.25) is 5.88 Å². The van der Waals surface area contributed by atoms with Crippen molar-refractivity contribution in [3.8, 4) is 5.88 Å². The third kappa shape index (κ3) is 3.83. The molecule has 19 heavy (non-hydrogen) atoms. The highest BCUT2D eigenvalue weighted by molar-refractivity contribution is 9.10. The Morgan fingerprint density at radius 3 is 3.11 bits per heavy atom. The summed E-state index contributed by atoms with van der Waals surface area (Å²) in [5.74, 6) is 0.582. The smallest absolute Gasteiger partial charge is 0.317 e. The van der Waals surface area contributed by atoms with Crippen LogP contribution in [0.2, 0.25) is 0 Å². The molecular formula is C13H18BrN3O2. The minimum Gasteiger partial charge on any atom is -0.472 e. The van der Waals surface area contributed by atoms with E-state index in [1.807, 2.05) is 26.0 Å². The first-order valence-corrected chi connectivity index (χ1v) is 7.18. The van der Waals surface area contributed by atoms with E-state index in [9.17, 15) is 4.79 Å². The molecule has 0 spiro atoms. The lowest BCUT2D eigenvalue weighted by molar-refractivity contribution is 0.181. The second-order valence-electron chi connectivity index (χ2n) is 4.87. The average Bonchev–Trinajstić information content (AvgIpc) is 2.80. The van der Waals surface area contributed by atoms with Gasteiger partial charge in [0.05, 0.1) is 11.0 Å². The molecule has 1 atom stereocenters. The molecule has 2 heterocycles. The SMILES string of the molecule is CC(C)NC(=O)N1CCC(Oc2ncccc2Br)C1. The van der Waals surface area contributed by atoms with Gasteiger partial charge < -0.3 is 15.0 Å². The molecule has 1 fully saturated rings. The van der Waals surface area contributed by atoms with Crippen LogP contribution >= 0.6 is 15.9 Å². The molecule has 0 bridgehead atoms. The van der Waals surface area contributed by atoms with E-state index in [0.29, 0.717) is 19.0 Å². The summed E-state index contributed by atoms with van der Waals surface area (Å²) < 4.78 is 6.65. The zero-order chi connectivity index (χ0) is 13.8. The summed E-state index contributed by atoms with van der Waals surface area (Å²) in [5, 5.41) is 2.89. The van der Waals surface area contributed by atoms with E-state index >= 15 is 0 Å². The predicted octanol–water partition coefficient (Wildman–Crippen LogP) is 2.42. The van der Waals surface area contributed by atoms with Crippen LogP contribution in [0.5, 0.6) is 5.88 Å². The van der Waals surface area contributed by atoms with Crippen LogP contribution in [-0.2, 0) is 0 Å². The van der Waals surface area contributed by atoms with Crippen LogP contribution in [0.1, 0.15) is 20.3 Å². The van der Waals surface area contributed by atoms with Crippen molar-refractivity contribution in [1.29, 1.82) is 0 Å². The number of hydrogen-bond donors (Lipinski definition) is 1. The summed E-state index contributed by atoms with van der Waals surface area (Å²) in [6, 6.07) is 3.85. The molecule has 1 unspecified atom stereocenters. The van der Waals surface area contributed by atoms with Gasteiger partial charge in [-0.1, -0.05) is 0 Å². The molecular weight excluding hydrogens is 310 g/mol. The van der Waals surface area contributed by atoms with Crippen molar-refractivity contribution in [3.05, 3.63) is 22.8 Å². The molecule has 0 aromatic carbocycles. The van der Waals surface area contributed by atoms with Crippen LogP contribution < -0.4 is 10.1 Å². The number of carbonyl (C=O) groups excluding carboxylic acids is 1. The van der Waals surface area contributed by atoms with E-state index in [0.717, 1.165) is 10.9 Å². The molecule has 0 saturated carbocycles. The molecule has 1 N–H and O–H groups in total. The summed E-state index contributed by atoms with van der Waals surface area (Å²) in [6.45, 7) is 5.22. The van der Waals surface area contributed by atoms with Gasteiger partial charge in [0.15, 0.2) is 0 Å². The number of nitrogens with zero attached hydrogens (tertiary/aromatic N) is 2. The Labute approximate surface area is 121 Å². The molecule has 1 aliphatic rings. The van der Waals surface area contributed by atoms with Gasteiger partial charge in [0.25, 0.3) is 0 Å². The van der Waals surface area contributed by atoms with E-state index in [1.165, 1.54) is 0 Å². The van der Waals surface area contributed by atoms with Crippen LogP contribution in [0.25, 0.3) is 0 Å². The summed E-state index contributed by atoms with van der Waals surface area (Å²) in [6.07, 6.45) is 2.52. The highest BCUT2D eigenvalue weighted by atomic mass is 79.9. The Balaban J connectivity index is 1.89. The Hall–Kier alpha value is -1.30. The lowest BCUT2D eigenvalue weighted by atomic mass is 10.3. The number of amides is 2. The largest absolute Gasteiger partial charge is 0.472 e. The van der Waals surface area contributed by atoms with E-state index in [4.69, 9.17) is 4.74 Å². The van der Waals surface area contributed by atoms with Crippen molar-refractivity contribution < 1.29 is 9.53 Å². The van der Waals surface area contributed by atoms with Gasteiger partial charge in [-0.05, 0) is 41.9 Å². The standard InChI is InChI=1S/C13H18BrN3O2/c1-9(2)16-13(18)17-7-5-10(8-17)19-12-11(14)4-3-6-15-12/h3-4,6,9-10H,5,7-8H2,1-2H3,(H,16,18). The summed E-state index contributed by atoms with van der Waals surface area (Å²) >= 11 is 3.40. The number of hydrogen-bond acceptors (Lipinski definition) is 3. The summed E-state index contributed by atoms with van der Waals surface area (Å²) in [5.41, 5.74) is 0. The van der Waals surface area contributed by atoms with Gasteiger partial charge in [-0.15, -0.1) is 0 Å². The van der Waals surface area contributed by atoms with Crippen LogP contribution in [0, 0.1) is 0 Å². The van der Waals surface area contributed by atoms with Crippen molar-refractivity contribution in [3.63, 3.8) is 0 Å². The maximum absolute atomic E-state index is 11.9. The molecule has 1 aromatic heterocycles. The van der Waals surface area contributed by atoms with E-state index in [2.05, 4.69) is 26.2 Å². The molecule has 0 aliphatic carbocycles. The zero-order valence-corrected chi connectivity index (χ0v) is 12.7. The number of pyridine rings is 1. The fourth-order valence-corrected chi connectivity index (χ4v) is 2.31. The first-order valence-electron chi connectivity index (χ1n) is 6.39. The number of halogens is 1. The van der Waals surface area contributed by atoms with Gasteiger partial charge in [0.1, 0.15) is 6.10 Å². The van der Waals surface area contributed by atoms with E-state index < -0.39 is 0 Å². The number of rotatable bonds is 3. The first-order chi connectivity index (χ1) is 9.06. The lowest BCUT2D eigenvalue weighted by Gasteiger charge is -2.19. The van der Waals surface area contributed by atoms with Crippen LogP contribution in [0.3, 0.4) is 0 Å². The van der Waals surface area contributed by atoms with E-state index in [-0.39, 0.29) is 18.2 Å². The Morgan fingerprint density at radius 2 is 2.42 bits per heavy atom. The second-order valence-corrected chi connectivity index (χ2v) is 5.72. The molecule has 1 aromatic rings. The maximum Gasteiger partial charge on any atom is 0.317 e. The van der Waals surface area contributed by atoms with E-state index in [1.54, 1.807) is 11.1 Å². The van der Waals surface area contributed by atoms with Gasteiger partial charge in [-0.2, -0.15) is 0 Å². The number of ether oxygens (including phenoxy) is 1. The molecule has 1 saturated heterocycles. The van der Waals surface area contributed by atoms with Gasteiger partial charge >= 0.3 is 6.03 Å². The fraction of sp³-hybridized carbons (Fsp3) is 0.538. The second kappa shape index (κ2) is 6.23. The summed E-state index contributed by atoms with van der Waals surface area (Å²) in [7, 11) is 0. The molecule has 1 aliphatic heterocycles. The number of nitrogens with one attached hydrogen (secondary N) is 1. The van der Waals surface area contributed by atoms with Gasteiger partial charge in [-0.25, -0.2) is 9.78 Å². The van der Waals surface area contributed by atoms with Crippen LogP contribution in [0.15, 0.2) is 22.8 Å². The van der Waals surface area contributed by atoms with Crippen molar-refractivity contribution in [2.75, 3.05) is 13.1 Å². The van der Waals surface area contributed by atoms with Crippen molar-refractivity contribution in [2.24, 2.45) is 0 Å². The van der Waals surface area contributed by atoms with Gasteiger partial charge in [-0.3, -0.25) is 0 Å². The minimum atomic E-state index is -0.0267. The predicted molar refractivity (Wildman–Crippen MR) is 76.2 cm³/mol. The molecule has 2 amide bonds. The molecule has 6 heteroatoms. The van der Waals surface area contributed by atoms with Crippen molar-refractivity contribution in [1.82, 2.24) is 15.2 Å². The Kier molecular flexibility index (Phi) is 4.63. The third-order valence-electron chi connectivity index (χ3n) is 2.85. The Morgan fingerprint density at radius 1 is 1.63 bits per heavy atom. The fourth-order valence-electron chi connectivity index (χ4n) is 1.96. The van der Waals surface area contributed by atoms with Crippen LogP contribution in [0.4, 0.5) is 4.79 Å². The minimum absolute atomic E-state index is 0.00381. The first kappa shape index (κ1) is 14.1. The zero-order valence-electron chi connectivity index (χ0n) is 11.1. The molecule has 5 nitrogen and oxygen atoms in total. The van der Waals surface area contributed by atoms with Crippen molar-refractivity contribution in [2.45, 2.75) is 32.4 Å². The lowest BCUT2D eigenvalue weighted by Crippen LogP contribution is -2.42. The monoisotopic (exact) mass is 327 g/mol. The quantitative estimate of drug-likeness (QED) is 0.927. The molecule has 0 radical (unpaired) electrons. The maximum atomic E-state index is 11.9. The molecule has 104 valence electrons. The van der Waals surface area contributed by atoms with Crippen molar-refractivity contribution >= 4 is 22.0 Å². The Bertz CT molecular complexity index is 453. The third-order valence-corrected chi connectivity index (χ3v) is 3.45. The summed E-state index contributed by atoms with van der Waals surface area (Å²) in [4.78, 5) is 17.8.